The molecule has 112 valence electrons. The number of hydrogen-bond donors (Lipinski definition) is 0. The van der Waals surface area contributed by atoms with Crippen LogP contribution in [0.1, 0.15) is 12.0 Å². The van der Waals surface area contributed by atoms with E-state index in [-0.39, 0.29) is 0 Å². The van der Waals surface area contributed by atoms with Crippen LogP contribution >= 0.6 is 47.8 Å². The summed E-state index contributed by atoms with van der Waals surface area (Å²) in [5, 5.41) is 0. The fourth-order valence-corrected chi connectivity index (χ4v) is 5.37. The molecule has 20 heavy (non-hydrogen) atoms. The molecule has 1 aromatic carbocycles. The largest absolute Gasteiger partial charge is 0.494 e. The van der Waals surface area contributed by atoms with Crippen molar-refractivity contribution in [1.29, 1.82) is 0 Å². The van der Waals surface area contributed by atoms with Crippen LogP contribution in [0.3, 0.4) is 0 Å². The molecule has 0 aliphatic carbocycles. The summed E-state index contributed by atoms with van der Waals surface area (Å²) >= 11 is 10.8. The van der Waals surface area contributed by atoms with Gasteiger partial charge in [-0.15, -0.1) is 0 Å². The van der Waals surface area contributed by atoms with E-state index in [1.165, 1.54) is 25.1 Å². The van der Waals surface area contributed by atoms with Gasteiger partial charge in [0.1, 0.15) is 5.75 Å². The summed E-state index contributed by atoms with van der Waals surface area (Å²) in [5.74, 6) is 0.860. The Morgan fingerprint density at radius 2 is 1.95 bits per heavy atom. The van der Waals surface area contributed by atoms with Gasteiger partial charge in [0.15, 0.2) is 0 Å². The first-order valence-corrected chi connectivity index (χ1v) is 9.02. The topological polar surface area (TPSA) is 15.7 Å². The van der Waals surface area contributed by atoms with Crippen molar-refractivity contribution in [2.45, 2.75) is 12.8 Å². The lowest BCUT2D eigenvalue weighted by Crippen LogP contribution is -2.43. The maximum Gasteiger partial charge on any atom is 0.147 e. The Balaban J connectivity index is 2.09. The summed E-state index contributed by atoms with van der Waals surface area (Å²) in [6, 6.07) is 2.06. The molecule has 0 aromatic heterocycles. The number of hydrogen-bond acceptors (Lipinski definition) is 3. The second kappa shape index (κ2) is 7.58. The molecule has 3 nitrogen and oxygen atoms in total. The third-order valence-electron chi connectivity index (χ3n) is 3.56. The monoisotopic (exact) mass is 468 g/mol. The number of nitrogens with zero attached hydrogens (tertiary/aromatic N) is 2. The molecular weight excluding hydrogens is 452 g/mol. The fraction of sp³-hybridized carbons (Fsp3) is 0.571. The van der Waals surface area contributed by atoms with E-state index < -0.39 is 0 Å². The van der Waals surface area contributed by atoms with Crippen molar-refractivity contribution < 1.29 is 4.74 Å². The Morgan fingerprint density at radius 3 is 2.60 bits per heavy atom. The highest BCUT2D eigenvalue weighted by molar-refractivity contribution is 9.11. The molecular formula is C14H19Br3N2O. The molecule has 0 saturated carbocycles. The minimum atomic E-state index is 0.860. The lowest BCUT2D eigenvalue weighted by Gasteiger charge is -2.33. The zero-order chi connectivity index (χ0) is 14.7. The van der Waals surface area contributed by atoms with Gasteiger partial charge in [0, 0.05) is 24.1 Å². The SMILES string of the molecule is COc1c(Br)cc(Br)c(CCN2CCCN(C)C2)c1Br. The Hall–Kier alpha value is 0.380. The van der Waals surface area contributed by atoms with Crippen LogP contribution in [0.2, 0.25) is 0 Å². The van der Waals surface area contributed by atoms with Crippen LogP contribution in [0, 0.1) is 0 Å². The van der Waals surface area contributed by atoms with Gasteiger partial charge in [0.2, 0.25) is 0 Å². The molecule has 2 rings (SSSR count). The molecule has 0 radical (unpaired) electrons. The van der Waals surface area contributed by atoms with Crippen LogP contribution in [0.15, 0.2) is 19.5 Å². The van der Waals surface area contributed by atoms with E-state index in [0.29, 0.717) is 0 Å². The van der Waals surface area contributed by atoms with Gasteiger partial charge in [-0.25, -0.2) is 0 Å². The molecule has 6 heteroatoms. The second-order valence-corrected chi connectivity index (χ2v) is 7.61. The van der Waals surface area contributed by atoms with Crippen molar-refractivity contribution in [1.82, 2.24) is 9.80 Å². The number of ether oxygens (including phenoxy) is 1. The summed E-state index contributed by atoms with van der Waals surface area (Å²) in [6.07, 6.45) is 2.25. The summed E-state index contributed by atoms with van der Waals surface area (Å²) in [4.78, 5) is 4.87. The van der Waals surface area contributed by atoms with Gasteiger partial charge < -0.3 is 4.74 Å². The van der Waals surface area contributed by atoms with E-state index >= 15 is 0 Å². The molecule has 0 atom stereocenters. The van der Waals surface area contributed by atoms with Crippen LogP contribution < -0.4 is 4.74 Å². The minimum Gasteiger partial charge on any atom is -0.494 e. The van der Waals surface area contributed by atoms with Gasteiger partial charge in [0.25, 0.3) is 0 Å². The first-order chi connectivity index (χ1) is 9.52. The predicted molar refractivity (Wildman–Crippen MR) is 93.5 cm³/mol. The predicted octanol–water partition coefficient (Wildman–Crippen LogP) is 4.12. The minimum absolute atomic E-state index is 0.860. The number of benzene rings is 1. The number of halogens is 3. The Bertz CT molecular complexity index is 482. The molecule has 0 bridgehead atoms. The standard InChI is InChI=1S/C14H19Br3N2O/c1-18-5-3-6-19(9-18)7-4-10-11(15)8-12(16)14(20-2)13(10)17/h8H,3-7,9H2,1-2H3. The molecule has 0 N–H and O–H groups in total. The number of methoxy groups -OCH3 is 1. The van der Waals surface area contributed by atoms with E-state index in [1.807, 2.05) is 0 Å². The highest BCUT2D eigenvalue weighted by atomic mass is 79.9. The molecule has 0 unspecified atom stereocenters. The highest BCUT2D eigenvalue weighted by Crippen LogP contribution is 2.40. The maximum absolute atomic E-state index is 5.44. The quantitative estimate of drug-likeness (QED) is 0.658. The lowest BCUT2D eigenvalue weighted by atomic mass is 10.1. The van der Waals surface area contributed by atoms with Crippen LogP contribution in [0.5, 0.6) is 5.75 Å². The lowest BCUT2D eigenvalue weighted by molar-refractivity contribution is 0.109. The van der Waals surface area contributed by atoms with Gasteiger partial charge in [-0.2, -0.15) is 0 Å². The van der Waals surface area contributed by atoms with E-state index in [4.69, 9.17) is 4.74 Å². The Kier molecular flexibility index (Phi) is 6.35. The van der Waals surface area contributed by atoms with Crippen molar-refractivity contribution in [2.24, 2.45) is 0 Å². The van der Waals surface area contributed by atoms with Crippen LogP contribution in [-0.4, -0.2) is 50.3 Å². The Morgan fingerprint density at radius 1 is 1.20 bits per heavy atom. The summed E-state index contributed by atoms with van der Waals surface area (Å²) < 4.78 is 8.55. The second-order valence-electron chi connectivity index (χ2n) is 5.11. The first kappa shape index (κ1) is 16.7. The average Bonchev–Trinajstić information content (AvgIpc) is 2.38. The molecule has 1 fully saturated rings. The molecule has 1 aliphatic heterocycles. The zero-order valence-electron chi connectivity index (χ0n) is 11.8. The van der Waals surface area contributed by atoms with Gasteiger partial charge in [-0.1, -0.05) is 15.9 Å². The molecule has 1 saturated heterocycles. The van der Waals surface area contributed by atoms with E-state index in [1.54, 1.807) is 7.11 Å². The number of rotatable bonds is 4. The summed E-state index contributed by atoms with van der Waals surface area (Å²) in [6.45, 7) is 4.51. The Labute approximate surface area is 146 Å². The van der Waals surface area contributed by atoms with Crippen LogP contribution in [0.4, 0.5) is 0 Å². The highest BCUT2D eigenvalue weighted by Gasteiger charge is 2.18. The third kappa shape index (κ3) is 3.97. The van der Waals surface area contributed by atoms with Crippen LogP contribution in [0.25, 0.3) is 0 Å². The van der Waals surface area contributed by atoms with E-state index in [2.05, 4.69) is 70.7 Å². The van der Waals surface area contributed by atoms with E-state index in [9.17, 15) is 0 Å². The summed E-state index contributed by atoms with van der Waals surface area (Å²) in [7, 11) is 3.88. The van der Waals surface area contributed by atoms with Crippen molar-refractivity contribution in [2.75, 3.05) is 40.5 Å². The third-order valence-corrected chi connectivity index (χ3v) is 5.70. The zero-order valence-corrected chi connectivity index (χ0v) is 16.5. The molecule has 1 aliphatic rings. The first-order valence-electron chi connectivity index (χ1n) is 6.64. The average molecular weight is 471 g/mol. The van der Waals surface area contributed by atoms with Crippen molar-refractivity contribution in [3.05, 3.63) is 25.0 Å². The normalized spacial score (nSPS) is 17.4. The van der Waals surface area contributed by atoms with Crippen LogP contribution in [-0.2, 0) is 6.42 Å². The molecule has 0 amide bonds. The van der Waals surface area contributed by atoms with Gasteiger partial charge in [0.05, 0.1) is 22.7 Å². The van der Waals surface area contributed by atoms with Gasteiger partial charge in [-0.3, -0.25) is 9.80 Å². The fourth-order valence-electron chi connectivity index (χ4n) is 2.53. The smallest absolute Gasteiger partial charge is 0.147 e. The molecule has 1 heterocycles. The molecule has 1 aromatic rings. The van der Waals surface area contributed by atoms with Crippen molar-refractivity contribution >= 4 is 47.8 Å². The van der Waals surface area contributed by atoms with Gasteiger partial charge in [-0.05, 0) is 63.4 Å². The van der Waals surface area contributed by atoms with E-state index in [0.717, 1.165) is 38.8 Å². The summed E-state index contributed by atoms with van der Waals surface area (Å²) in [5.41, 5.74) is 1.26. The van der Waals surface area contributed by atoms with Crippen molar-refractivity contribution in [3.63, 3.8) is 0 Å². The maximum atomic E-state index is 5.44. The van der Waals surface area contributed by atoms with Crippen molar-refractivity contribution in [3.8, 4) is 5.75 Å². The van der Waals surface area contributed by atoms with Gasteiger partial charge >= 0.3 is 0 Å². The molecule has 0 spiro atoms.